The quantitative estimate of drug-likeness (QED) is 0.770. The lowest BCUT2D eigenvalue weighted by Crippen LogP contribution is -2.37. The second kappa shape index (κ2) is 7.60. The smallest absolute Gasteiger partial charge is 0.320 e. The molecule has 0 aliphatic carbocycles. The van der Waals surface area contributed by atoms with Crippen LogP contribution in [0, 0.1) is 11.8 Å². The van der Waals surface area contributed by atoms with Crippen molar-refractivity contribution in [1.29, 1.82) is 0 Å². The van der Waals surface area contributed by atoms with Crippen LogP contribution in [0.5, 0.6) is 0 Å². The third kappa shape index (κ3) is 6.16. The van der Waals surface area contributed by atoms with Gasteiger partial charge in [0, 0.05) is 24.0 Å². The Morgan fingerprint density at radius 2 is 2.05 bits per heavy atom. The van der Waals surface area contributed by atoms with Gasteiger partial charge in [-0.1, -0.05) is 27.7 Å². The van der Waals surface area contributed by atoms with E-state index in [2.05, 4.69) is 24.1 Å². The molecule has 4 nitrogen and oxygen atoms in total. The molecule has 19 heavy (non-hydrogen) atoms. The Hall–Kier alpha value is -0.940. The molecule has 5 heteroatoms. The monoisotopic (exact) mass is 284 g/mol. The summed E-state index contributed by atoms with van der Waals surface area (Å²) < 4.78 is 0. The van der Waals surface area contributed by atoms with E-state index in [1.165, 1.54) is 0 Å². The lowest BCUT2D eigenvalue weighted by atomic mass is 10.0. The average molecular weight is 284 g/mol. The van der Waals surface area contributed by atoms with Crippen LogP contribution in [0.25, 0.3) is 0 Å². The summed E-state index contributed by atoms with van der Waals surface area (Å²) >= 11 is 1.67. The van der Waals surface area contributed by atoms with Gasteiger partial charge < -0.3 is 5.11 Å². The molecule has 1 heterocycles. The summed E-state index contributed by atoms with van der Waals surface area (Å²) in [4.78, 5) is 16.6. The highest BCUT2D eigenvalue weighted by molar-refractivity contribution is 7.11. The number of nitrogens with one attached hydrogen (secondary N) is 1. The zero-order valence-corrected chi connectivity index (χ0v) is 13.0. The maximum Gasteiger partial charge on any atom is 0.320 e. The third-order valence-corrected chi connectivity index (χ3v) is 3.73. The maximum atomic E-state index is 11.1. The Morgan fingerprint density at radius 1 is 1.37 bits per heavy atom. The molecule has 0 bridgehead atoms. The number of carboxylic acid groups (broad SMARTS) is 1. The highest BCUT2D eigenvalue weighted by Crippen LogP contribution is 2.17. The molecule has 1 atom stereocenters. The van der Waals surface area contributed by atoms with Crippen molar-refractivity contribution in [3.8, 4) is 0 Å². The Balaban J connectivity index is 2.49. The normalized spacial score (nSPS) is 13.2. The van der Waals surface area contributed by atoms with E-state index < -0.39 is 12.0 Å². The van der Waals surface area contributed by atoms with Gasteiger partial charge in [-0.3, -0.25) is 10.1 Å². The minimum atomic E-state index is -0.777. The predicted molar refractivity (Wildman–Crippen MR) is 78.4 cm³/mol. The van der Waals surface area contributed by atoms with Gasteiger partial charge in [-0.25, -0.2) is 4.98 Å². The van der Waals surface area contributed by atoms with Crippen LogP contribution in [0.4, 0.5) is 0 Å². The van der Waals surface area contributed by atoms with Crippen LogP contribution >= 0.6 is 11.3 Å². The van der Waals surface area contributed by atoms with Gasteiger partial charge in [0.25, 0.3) is 0 Å². The van der Waals surface area contributed by atoms with Gasteiger partial charge in [0.05, 0.1) is 5.01 Å². The number of nitrogens with zero attached hydrogens (tertiary/aromatic N) is 1. The first-order valence-corrected chi connectivity index (χ1v) is 7.60. The Labute approximate surface area is 119 Å². The first kappa shape index (κ1) is 16.1. The van der Waals surface area contributed by atoms with Gasteiger partial charge in [0.1, 0.15) is 6.04 Å². The summed E-state index contributed by atoms with van der Waals surface area (Å²) in [6.07, 6.45) is 3.48. The van der Waals surface area contributed by atoms with E-state index in [4.69, 9.17) is 5.11 Å². The van der Waals surface area contributed by atoms with Crippen molar-refractivity contribution in [3.05, 3.63) is 16.1 Å². The first-order chi connectivity index (χ1) is 8.88. The molecule has 2 N–H and O–H groups in total. The van der Waals surface area contributed by atoms with Gasteiger partial charge in [-0.2, -0.15) is 0 Å². The molecular formula is C14H24N2O2S. The predicted octanol–water partition coefficient (Wildman–Crippen LogP) is 2.93. The van der Waals surface area contributed by atoms with E-state index in [1.807, 2.05) is 20.0 Å². The molecule has 1 aromatic rings. The molecule has 0 amide bonds. The SMILES string of the molecule is CC(C)Cc1ncc(CNC(CC(C)C)C(=O)O)s1. The van der Waals surface area contributed by atoms with E-state index in [0.717, 1.165) is 16.3 Å². The molecule has 0 aliphatic heterocycles. The number of aliphatic carboxylic acids is 1. The van der Waals surface area contributed by atoms with Crippen molar-refractivity contribution >= 4 is 17.3 Å². The van der Waals surface area contributed by atoms with E-state index in [0.29, 0.717) is 24.8 Å². The molecule has 108 valence electrons. The molecule has 0 saturated carbocycles. The van der Waals surface area contributed by atoms with Gasteiger partial charge in [-0.05, 0) is 18.3 Å². The summed E-state index contributed by atoms with van der Waals surface area (Å²) in [6.45, 7) is 8.99. The summed E-state index contributed by atoms with van der Waals surface area (Å²) in [5.41, 5.74) is 0. The Bertz CT molecular complexity index is 402. The lowest BCUT2D eigenvalue weighted by Gasteiger charge is -2.15. The minimum Gasteiger partial charge on any atom is -0.480 e. The number of hydrogen-bond acceptors (Lipinski definition) is 4. The van der Waals surface area contributed by atoms with Crippen LogP contribution in [-0.2, 0) is 17.8 Å². The molecule has 1 unspecified atom stereocenters. The summed E-state index contributed by atoms with van der Waals surface area (Å²) in [5.74, 6) is 0.187. The van der Waals surface area contributed by atoms with Crippen LogP contribution in [0.2, 0.25) is 0 Å². The second-order valence-corrected chi connectivity index (χ2v) is 6.92. The highest BCUT2D eigenvalue weighted by Gasteiger charge is 2.18. The van der Waals surface area contributed by atoms with Gasteiger partial charge in [0.2, 0.25) is 0 Å². The van der Waals surface area contributed by atoms with E-state index in [-0.39, 0.29) is 0 Å². The molecule has 0 saturated heterocycles. The van der Waals surface area contributed by atoms with Crippen LogP contribution in [-0.4, -0.2) is 22.1 Å². The molecular weight excluding hydrogens is 260 g/mol. The Kier molecular flexibility index (Phi) is 6.45. The summed E-state index contributed by atoms with van der Waals surface area (Å²) in [6, 6.07) is -0.476. The van der Waals surface area contributed by atoms with Crippen LogP contribution < -0.4 is 5.32 Å². The molecule has 0 spiro atoms. The molecule has 1 aromatic heterocycles. The number of hydrogen-bond donors (Lipinski definition) is 2. The third-order valence-electron chi connectivity index (χ3n) is 2.71. The van der Waals surface area contributed by atoms with Gasteiger partial charge in [0.15, 0.2) is 0 Å². The molecule has 1 rings (SSSR count). The zero-order chi connectivity index (χ0) is 14.4. The standard InChI is InChI=1S/C14H24N2O2S/c1-9(2)5-12(14(17)18)15-7-11-8-16-13(19-11)6-10(3)4/h8-10,12,15H,5-7H2,1-4H3,(H,17,18). The Morgan fingerprint density at radius 3 is 2.58 bits per heavy atom. The number of carbonyl (C=O) groups is 1. The number of aromatic nitrogens is 1. The lowest BCUT2D eigenvalue weighted by molar-refractivity contribution is -0.140. The van der Waals surface area contributed by atoms with Crippen molar-refractivity contribution in [2.45, 2.75) is 53.1 Å². The largest absolute Gasteiger partial charge is 0.480 e. The topological polar surface area (TPSA) is 62.2 Å². The van der Waals surface area contributed by atoms with Gasteiger partial charge in [-0.15, -0.1) is 11.3 Å². The molecule has 0 fully saturated rings. The van der Waals surface area contributed by atoms with E-state index in [9.17, 15) is 4.79 Å². The fraction of sp³-hybridized carbons (Fsp3) is 0.714. The molecule has 0 aliphatic rings. The van der Waals surface area contributed by atoms with Crippen molar-refractivity contribution in [2.75, 3.05) is 0 Å². The van der Waals surface area contributed by atoms with Crippen LogP contribution in [0.3, 0.4) is 0 Å². The maximum absolute atomic E-state index is 11.1. The fourth-order valence-electron chi connectivity index (χ4n) is 1.84. The average Bonchev–Trinajstić information content (AvgIpc) is 2.70. The van der Waals surface area contributed by atoms with Crippen molar-refractivity contribution in [2.24, 2.45) is 11.8 Å². The van der Waals surface area contributed by atoms with Gasteiger partial charge >= 0.3 is 5.97 Å². The summed E-state index contributed by atoms with van der Waals surface area (Å²) in [7, 11) is 0. The van der Waals surface area contributed by atoms with E-state index in [1.54, 1.807) is 11.3 Å². The zero-order valence-electron chi connectivity index (χ0n) is 12.1. The van der Waals surface area contributed by atoms with E-state index >= 15 is 0 Å². The number of thiazole rings is 1. The first-order valence-electron chi connectivity index (χ1n) is 6.78. The molecule has 0 radical (unpaired) electrons. The molecule has 0 aromatic carbocycles. The number of rotatable bonds is 8. The fourth-order valence-corrected chi connectivity index (χ4v) is 2.93. The van der Waals surface area contributed by atoms with Crippen molar-refractivity contribution in [1.82, 2.24) is 10.3 Å². The number of carboxylic acids is 1. The second-order valence-electron chi connectivity index (χ2n) is 5.72. The van der Waals surface area contributed by atoms with Crippen LogP contribution in [0.1, 0.15) is 44.0 Å². The minimum absolute atomic E-state index is 0.367. The van der Waals surface area contributed by atoms with Crippen LogP contribution in [0.15, 0.2) is 6.20 Å². The van der Waals surface area contributed by atoms with Crippen molar-refractivity contribution < 1.29 is 9.90 Å². The highest BCUT2D eigenvalue weighted by atomic mass is 32.1. The summed E-state index contributed by atoms with van der Waals surface area (Å²) in [5, 5.41) is 13.4. The van der Waals surface area contributed by atoms with Crippen molar-refractivity contribution in [3.63, 3.8) is 0 Å².